The maximum atomic E-state index is 14.7. The SMILES string of the molecule is CC1CC2CC(C1)C(NC(=O)c1cnc(-c3cn(C4CCOCC4)c4cc(OC5CCN(CC(C)(F)F)CC5)ccc34)nc1C(F)(F)F)(C(=O)O)C2. The van der Waals surface area contributed by atoms with Crippen molar-refractivity contribution in [1.29, 1.82) is 0 Å². The van der Waals surface area contributed by atoms with Crippen molar-refractivity contribution in [3.05, 3.63) is 41.9 Å². The first-order valence-electron chi connectivity index (χ1n) is 18.1. The molecule has 2 saturated heterocycles. The average molecular weight is 734 g/mol. The van der Waals surface area contributed by atoms with Crippen LogP contribution < -0.4 is 10.1 Å². The van der Waals surface area contributed by atoms with Gasteiger partial charge in [-0.1, -0.05) is 6.92 Å². The summed E-state index contributed by atoms with van der Waals surface area (Å²) < 4.78 is 84.9. The van der Waals surface area contributed by atoms with E-state index in [1.807, 2.05) is 17.6 Å². The number of carbonyl (C=O) groups excluding carboxylic acids is 1. The third-order valence-electron chi connectivity index (χ3n) is 11.3. The molecule has 4 fully saturated rings. The third kappa shape index (κ3) is 7.35. The fourth-order valence-electron chi connectivity index (χ4n) is 9.09. The van der Waals surface area contributed by atoms with E-state index in [9.17, 15) is 36.6 Å². The Labute approximate surface area is 298 Å². The molecule has 2 saturated carbocycles. The minimum absolute atomic E-state index is 0.0212. The van der Waals surface area contributed by atoms with E-state index in [0.717, 1.165) is 19.5 Å². The molecule has 2 aliphatic heterocycles. The molecule has 4 atom stereocenters. The highest BCUT2D eigenvalue weighted by atomic mass is 19.4. The predicted molar refractivity (Wildman–Crippen MR) is 180 cm³/mol. The summed E-state index contributed by atoms with van der Waals surface area (Å²) in [4.78, 5) is 36.1. The standard InChI is InChI=1S/C37H44F5N5O5/c1-21-13-22-15-23(14-21)36(17-22,34(49)50)45-33(48)28-18-43-32(44-31(28)37(40,41)42)29-19-47(24-7-11-51-12-8-24)30-16-26(3-4-27(29)30)52-25-5-9-46(10-6-25)20-35(2,38)39/h3-4,16,18-19,21-25H,5-15,17,20H2,1-2H3,(H,45,48)(H,49,50). The van der Waals surface area contributed by atoms with Crippen molar-refractivity contribution in [1.82, 2.24) is 24.8 Å². The summed E-state index contributed by atoms with van der Waals surface area (Å²) in [5, 5.41) is 13.4. The van der Waals surface area contributed by atoms with Gasteiger partial charge in [-0.3, -0.25) is 9.69 Å². The normalized spacial score (nSPS) is 26.5. The van der Waals surface area contributed by atoms with Gasteiger partial charge in [-0.2, -0.15) is 13.2 Å². The molecule has 52 heavy (non-hydrogen) atoms. The van der Waals surface area contributed by atoms with Gasteiger partial charge in [0.1, 0.15) is 17.4 Å². The zero-order valence-corrected chi connectivity index (χ0v) is 29.2. The van der Waals surface area contributed by atoms with Crippen molar-refractivity contribution < 1.29 is 46.1 Å². The lowest BCUT2D eigenvalue weighted by molar-refractivity contribution is -0.146. The van der Waals surface area contributed by atoms with Crippen molar-refractivity contribution in [3.63, 3.8) is 0 Å². The molecular formula is C37H44F5N5O5. The molecular weight excluding hydrogens is 689 g/mol. The minimum Gasteiger partial charge on any atom is -0.490 e. The van der Waals surface area contributed by atoms with E-state index >= 15 is 0 Å². The Bertz CT molecular complexity index is 1810. The Balaban J connectivity index is 1.20. The van der Waals surface area contributed by atoms with Gasteiger partial charge in [0.05, 0.1) is 17.6 Å². The number of carboxylic acid groups (broad SMARTS) is 1. The number of ether oxygens (including phenoxy) is 2. The van der Waals surface area contributed by atoms with Crippen molar-refractivity contribution in [2.24, 2.45) is 17.8 Å². The van der Waals surface area contributed by atoms with Crippen molar-refractivity contribution >= 4 is 22.8 Å². The number of alkyl halides is 5. The number of piperidine rings is 1. The Morgan fingerprint density at radius 3 is 2.48 bits per heavy atom. The lowest BCUT2D eigenvalue weighted by Gasteiger charge is -2.33. The number of fused-ring (bicyclic) bond motifs is 3. The predicted octanol–water partition coefficient (Wildman–Crippen LogP) is 6.98. The van der Waals surface area contributed by atoms with E-state index in [0.29, 0.717) is 87.0 Å². The zero-order chi connectivity index (χ0) is 37.0. The molecule has 10 nitrogen and oxygen atoms in total. The Kier molecular flexibility index (Phi) is 9.72. The molecule has 0 spiro atoms. The molecule has 7 rings (SSSR count). The van der Waals surface area contributed by atoms with Crippen LogP contribution in [-0.2, 0) is 15.7 Å². The number of halogens is 5. The van der Waals surface area contributed by atoms with E-state index in [4.69, 9.17) is 9.47 Å². The Hall–Kier alpha value is -3.85. The number of hydrogen-bond donors (Lipinski definition) is 2. The summed E-state index contributed by atoms with van der Waals surface area (Å²) in [7, 11) is 0. The number of aliphatic carboxylic acids is 1. The van der Waals surface area contributed by atoms with Crippen LogP contribution in [0, 0.1) is 17.8 Å². The van der Waals surface area contributed by atoms with E-state index in [-0.39, 0.29) is 48.7 Å². The van der Waals surface area contributed by atoms with Gasteiger partial charge in [-0.25, -0.2) is 23.5 Å². The number of aromatic nitrogens is 3. The molecule has 4 unspecified atom stereocenters. The number of amides is 1. The molecule has 2 aromatic heterocycles. The average Bonchev–Trinajstić information content (AvgIpc) is 3.58. The van der Waals surface area contributed by atoms with Crippen molar-refractivity contribution in [3.8, 4) is 17.1 Å². The maximum absolute atomic E-state index is 14.7. The fourth-order valence-corrected chi connectivity index (χ4v) is 9.09. The van der Waals surface area contributed by atoms with Crippen LogP contribution in [0.1, 0.15) is 87.3 Å². The quantitative estimate of drug-likeness (QED) is 0.227. The Morgan fingerprint density at radius 1 is 1.08 bits per heavy atom. The number of benzene rings is 1. The van der Waals surface area contributed by atoms with Gasteiger partial charge < -0.3 is 24.5 Å². The molecule has 3 aromatic rings. The summed E-state index contributed by atoms with van der Waals surface area (Å²) in [5.74, 6) is -4.93. The summed E-state index contributed by atoms with van der Waals surface area (Å²) in [6.07, 6.45) is 1.97. The fraction of sp³-hybridized carbons (Fsp3) is 0.622. The van der Waals surface area contributed by atoms with E-state index in [1.54, 1.807) is 23.2 Å². The first-order valence-corrected chi connectivity index (χ1v) is 18.1. The van der Waals surface area contributed by atoms with Crippen molar-refractivity contribution in [2.75, 3.05) is 32.8 Å². The second-order valence-corrected chi connectivity index (χ2v) is 15.4. The first-order chi connectivity index (χ1) is 24.6. The molecule has 4 heterocycles. The molecule has 15 heteroatoms. The summed E-state index contributed by atoms with van der Waals surface area (Å²) in [6.45, 7) is 4.60. The van der Waals surface area contributed by atoms with E-state index < -0.39 is 40.8 Å². The van der Waals surface area contributed by atoms with Gasteiger partial charge in [-0.15, -0.1) is 0 Å². The molecule has 0 radical (unpaired) electrons. The molecule has 2 aliphatic carbocycles. The van der Waals surface area contributed by atoms with Gasteiger partial charge in [0.25, 0.3) is 11.8 Å². The van der Waals surface area contributed by atoms with Gasteiger partial charge in [-0.05, 0) is 81.3 Å². The number of carboxylic acids is 1. The van der Waals surface area contributed by atoms with Crippen LogP contribution >= 0.6 is 0 Å². The van der Waals surface area contributed by atoms with E-state index in [1.165, 1.54) is 0 Å². The van der Waals surface area contributed by atoms with E-state index in [2.05, 4.69) is 15.3 Å². The van der Waals surface area contributed by atoms with Crippen LogP contribution in [-0.4, -0.2) is 86.8 Å². The lowest BCUT2D eigenvalue weighted by Crippen LogP contribution is -2.57. The molecule has 1 aromatic carbocycles. The monoisotopic (exact) mass is 733 g/mol. The first kappa shape index (κ1) is 36.5. The molecule has 282 valence electrons. The number of rotatable bonds is 9. The highest BCUT2D eigenvalue weighted by Crippen LogP contribution is 2.51. The summed E-state index contributed by atoms with van der Waals surface area (Å²) >= 11 is 0. The summed E-state index contributed by atoms with van der Waals surface area (Å²) in [6, 6.07) is 5.28. The Morgan fingerprint density at radius 2 is 1.81 bits per heavy atom. The molecule has 4 aliphatic rings. The topological polar surface area (TPSA) is 119 Å². The minimum atomic E-state index is -5.04. The lowest BCUT2D eigenvalue weighted by atomic mass is 9.78. The highest BCUT2D eigenvalue weighted by molar-refractivity contribution is 6.00. The number of carbonyl (C=O) groups is 2. The second kappa shape index (κ2) is 13.9. The number of nitrogens with zero attached hydrogens (tertiary/aromatic N) is 4. The third-order valence-corrected chi connectivity index (χ3v) is 11.3. The smallest absolute Gasteiger partial charge is 0.434 e. The second-order valence-electron chi connectivity index (χ2n) is 15.4. The highest BCUT2D eigenvalue weighted by Gasteiger charge is 2.56. The largest absolute Gasteiger partial charge is 0.490 e. The molecule has 2 N–H and O–H groups in total. The summed E-state index contributed by atoms with van der Waals surface area (Å²) in [5.41, 5.74) is -2.90. The van der Waals surface area contributed by atoms with Crippen LogP contribution in [0.15, 0.2) is 30.6 Å². The van der Waals surface area contributed by atoms with Crippen molar-refractivity contribution in [2.45, 2.75) is 95.0 Å². The van der Waals surface area contributed by atoms with Gasteiger partial charge in [0.15, 0.2) is 11.5 Å². The maximum Gasteiger partial charge on any atom is 0.434 e. The number of hydrogen-bond acceptors (Lipinski definition) is 7. The van der Waals surface area contributed by atoms with Crippen LogP contribution in [0.25, 0.3) is 22.3 Å². The number of likely N-dealkylation sites (tertiary alicyclic amines) is 1. The van der Waals surface area contributed by atoms with Gasteiger partial charge in [0.2, 0.25) is 0 Å². The van der Waals surface area contributed by atoms with Crippen LogP contribution in [0.2, 0.25) is 0 Å². The van der Waals surface area contributed by atoms with Gasteiger partial charge in [0, 0.05) is 68.7 Å². The van der Waals surface area contributed by atoms with Crippen LogP contribution in [0.3, 0.4) is 0 Å². The molecule has 1 amide bonds. The van der Waals surface area contributed by atoms with Crippen LogP contribution in [0.4, 0.5) is 22.0 Å². The molecule has 2 bridgehead atoms. The van der Waals surface area contributed by atoms with Crippen LogP contribution in [0.5, 0.6) is 5.75 Å². The van der Waals surface area contributed by atoms with Gasteiger partial charge >= 0.3 is 12.1 Å². The number of nitrogens with one attached hydrogen (secondary N) is 1. The zero-order valence-electron chi connectivity index (χ0n) is 29.2.